The molecule has 0 aromatic rings. The van der Waals surface area contributed by atoms with Crippen LogP contribution in [0, 0.1) is 0 Å². The molecule has 2 heteroatoms. The third-order valence-corrected chi connectivity index (χ3v) is 2.55. The Morgan fingerprint density at radius 1 is 1.33 bits per heavy atom. The highest BCUT2D eigenvalue weighted by atomic mass is 15.1. The molecule has 3 fully saturated rings. The summed E-state index contributed by atoms with van der Waals surface area (Å²) >= 11 is 0. The number of piperidine rings is 2. The minimum absolute atomic E-state index is 0.706. The van der Waals surface area contributed by atoms with Crippen molar-refractivity contribution in [2.45, 2.75) is 37.9 Å². The fourth-order valence-electron chi connectivity index (χ4n) is 1.94. The molecule has 9 heavy (non-hydrogen) atoms. The zero-order chi connectivity index (χ0) is 6.27. The van der Waals surface area contributed by atoms with Gasteiger partial charge in [-0.1, -0.05) is 0 Å². The Labute approximate surface area is 56.0 Å². The van der Waals surface area contributed by atoms with Gasteiger partial charge < -0.3 is 10.6 Å². The van der Waals surface area contributed by atoms with E-state index in [4.69, 9.17) is 0 Å². The van der Waals surface area contributed by atoms with Crippen LogP contribution in [-0.4, -0.2) is 24.7 Å². The van der Waals surface area contributed by atoms with E-state index in [0.717, 1.165) is 12.1 Å². The van der Waals surface area contributed by atoms with Crippen LogP contribution >= 0.6 is 0 Å². The number of nitrogens with one attached hydrogen (secondary N) is 2. The van der Waals surface area contributed by atoms with Gasteiger partial charge in [0.2, 0.25) is 0 Å². The molecule has 0 saturated carbocycles. The van der Waals surface area contributed by atoms with Gasteiger partial charge in [-0.2, -0.15) is 0 Å². The summed E-state index contributed by atoms with van der Waals surface area (Å²) in [6.45, 7) is 3.46. The van der Waals surface area contributed by atoms with Crippen LogP contribution in [0.15, 0.2) is 0 Å². The molecular formula is C7H14N2. The Bertz CT molecular complexity index is 105. The van der Waals surface area contributed by atoms with Gasteiger partial charge in [-0.25, -0.2) is 0 Å². The Kier molecular flexibility index (Phi) is 1.24. The quantitative estimate of drug-likeness (QED) is 0.481. The third-order valence-electron chi connectivity index (χ3n) is 2.55. The molecule has 0 spiro atoms. The van der Waals surface area contributed by atoms with Crippen molar-refractivity contribution in [3.8, 4) is 0 Å². The van der Waals surface area contributed by atoms with Crippen molar-refractivity contribution >= 4 is 0 Å². The Morgan fingerprint density at radius 2 is 2.22 bits per heavy atom. The first-order valence-electron chi connectivity index (χ1n) is 3.86. The van der Waals surface area contributed by atoms with E-state index >= 15 is 0 Å². The van der Waals surface area contributed by atoms with Crippen molar-refractivity contribution < 1.29 is 0 Å². The second-order valence-corrected chi connectivity index (χ2v) is 3.24. The summed E-state index contributed by atoms with van der Waals surface area (Å²) in [5.74, 6) is 0. The molecule has 3 heterocycles. The van der Waals surface area contributed by atoms with Crippen molar-refractivity contribution in [2.24, 2.45) is 0 Å². The lowest BCUT2D eigenvalue weighted by Crippen LogP contribution is -2.63. The molecular weight excluding hydrogens is 112 g/mol. The standard InChI is InChI=1S/C7H14N2/c1-5-7-3-2-6(9-5)4-8-7/h5-9H,2-4H2,1H3/t5?,6-,7-/m0/s1. The largest absolute Gasteiger partial charge is 0.311 e. The van der Waals surface area contributed by atoms with Crippen LogP contribution in [0.1, 0.15) is 19.8 Å². The van der Waals surface area contributed by atoms with Crippen molar-refractivity contribution in [1.29, 1.82) is 0 Å². The average Bonchev–Trinajstić information content (AvgIpc) is 1.90. The highest BCUT2D eigenvalue weighted by Gasteiger charge is 2.31. The van der Waals surface area contributed by atoms with E-state index in [-0.39, 0.29) is 0 Å². The van der Waals surface area contributed by atoms with Crippen LogP contribution in [0.2, 0.25) is 0 Å². The minimum Gasteiger partial charge on any atom is -0.311 e. The molecule has 0 radical (unpaired) electrons. The molecule has 2 nitrogen and oxygen atoms in total. The lowest BCUT2D eigenvalue weighted by atomic mass is 9.90. The fourth-order valence-corrected chi connectivity index (χ4v) is 1.94. The third kappa shape index (κ3) is 0.864. The maximum Gasteiger partial charge on any atom is 0.0219 e. The first-order chi connectivity index (χ1) is 4.36. The number of fused-ring (bicyclic) bond motifs is 3. The predicted octanol–water partition coefficient (Wildman–Crippen LogP) is 0.0987. The van der Waals surface area contributed by atoms with E-state index in [1.54, 1.807) is 0 Å². The monoisotopic (exact) mass is 126 g/mol. The van der Waals surface area contributed by atoms with Gasteiger partial charge in [0.05, 0.1) is 0 Å². The molecule has 3 rings (SSSR count). The van der Waals surface area contributed by atoms with Gasteiger partial charge in [-0.05, 0) is 19.8 Å². The van der Waals surface area contributed by atoms with Crippen LogP contribution in [0.4, 0.5) is 0 Å². The van der Waals surface area contributed by atoms with Crippen LogP contribution < -0.4 is 10.6 Å². The molecule has 3 atom stereocenters. The van der Waals surface area contributed by atoms with Crippen molar-refractivity contribution in [2.75, 3.05) is 6.54 Å². The summed E-state index contributed by atoms with van der Waals surface area (Å²) in [5, 5.41) is 7.06. The van der Waals surface area contributed by atoms with Crippen molar-refractivity contribution in [3.05, 3.63) is 0 Å². The van der Waals surface area contributed by atoms with Crippen LogP contribution in [0.25, 0.3) is 0 Å². The Balaban J connectivity index is 2.06. The topological polar surface area (TPSA) is 24.1 Å². The van der Waals surface area contributed by atoms with Gasteiger partial charge >= 0.3 is 0 Å². The smallest absolute Gasteiger partial charge is 0.0219 e. The van der Waals surface area contributed by atoms with E-state index < -0.39 is 0 Å². The number of rotatable bonds is 0. The highest BCUT2D eigenvalue weighted by molar-refractivity contribution is 4.95. The van der Waals surface area contributed by atoms with E-state index in [1.165, 1.54) is 19.4 Å². The molecule has 1 unspecified atom stereocenters. The normalized spacial score (nSPS) is 49.7. The fraction of sp³-hybridized carbons (Fsp3) is 1.00. The second-order valence-electron chi connectivity index (χ2n) is 3.24. The molecule has 0 aliphatic carbocycles. The van der Waals surface area contributed by atoms with Gasteiger partial charge in [0.25, 0.3) is 0 Å². The van der Waals surface area contributed by atoms with Gasteiger partial charge in [0, 0.05) is 24.7 Å². The van der Waals surface area contributed by atoms with Crippen LogP contribution in [0.5, 0.6) is 0 Å². The molecule has 2 N–H and O–H groups in total. The maximum atomic E-state index is 3.55. The van der Waals surface area contributed by atoms with Gasteiger partial charge in [0.1, 0.15) is 0 Å². The molecule has 0 aromatic heterocycles. The highest BCUT2D eigenvalue weighted by Crippen LogP contribution is 2.17. The first kappa shape index (κ1) is 5.69. The molecule has 0 aromatic carbocycles. The van der Waals surface area contributed by atoms with E-state index in [2.05, 4.69) is 17.6 Å². The van der Waals surface area contributed by atoms with Crippen molar-refractivity contribution in [1.82, 2.24) is 10.6 Å². The average molecular weight is 126 g/mol. The maximum absolute atomic E-state index is 3.55. The zero-order valence-electron chi connectivity index (χ0n) is 5.85. The number of piperazine rings is 1. The summed E-state index contributed by atoms with van der Waals surface area (Å²) < 4.78 is 0. The number of hydrogen-bond acceptors (Lipinski definition) is 2. The minimum atomic E-state index is 0.706. The lowest BCUT2D eigenvalue weighted by Gasteiger charge is -2.42. The van der Waals surface area contributed by atoms with Gasteiger partial charge in [0.15, 0.2) is 0 Å². The number of hydrogen-bond donors (Lipinski definition) is 2. The summed E-state index contributed by atoms with van der Waals surface area (Å²) in [4.78, 5) is 0. The molecule has 3 saturated heterocycles. The summed E-state index contributed by atoms with van der Waals surface area (Å²) in [6.07, 6.45) is 2.75. The summed E-state index contributed by atoms with van der Waals surface area (Å²) in [5.41, 5.74) is 0. The van der Waals surface area contributed by atoms with Gasteiger partial charge in [-0.3, -0.25) is 0 Å². The Morgan fingerprint density at radius 3 is 2.44 bits per heavy atom. The SMILES string of the molecule is CC1N[C@H]2CC[C@@H]1NC2. The summed E-state index contributed by atoms with van der Waals surface area (Å²) in [6, 6.07) is 2.23. The Hall–Kier alpha value is -0.0800. The first-order valence-corrected chi connectivity index (χ1v) is 3.86. The molecule has 2 bridgehead atoms. The van der Waals surface area contributed by atoms with Gasteiger partial charge in [-0.15, -0.1) is 0 Å². The van der Waals surface area contributed by atoms with Crippen LogP contribution in [-0.2, 0) is 0 Å². The zero-order valence-corrected chi connectivity index (χ0v) is 5.85. The lowest BCUT2D eigenvalue weighted by molar-refractivity contribution is 0.197. The molecule has 3 aliphatic heterocycles. The molecule has 52 valence electrons. The molecule has 0 amide bonds. The predicted molar refractivity (Wildman–Crippen MR) is 37.4 cm³/mol. The van der Waals surface area contributed by atoms with Crippen LogP contribution in [0.3, 0.4) is 0 Å². The summed E-state index contributed by atoms with van der Waals surface area (Å²) in [7, 11) is 0. The van der Waals surface area contributed by atoms with E-state index in [1.807, 2.05) is 0 Å². The second kappa shape index (κ2) is 1.96. The van der Waals surface area contributed by atoms with Crippen molar-refractivity contribution in [3.63, 3.8) is 0 Å². The van der Waals surface area contributed by atoms with E-state index in [0.29, 0.717) is 6.04 Å². The molecule has 3 aliphatic rings. The van der Waals surface area contributed by atoms with E-state index in [9.17, 15) is 0 Å².